The number of hydrogen-bond donors (Lipinski definition) is 0. The Labute approximate surface area is 117 Å². The van der Waals surface area contributed by atoms with E-state index in [1.54, 1.807) is 0 Å². The third-order valence-electron chi connectivity index (χ3n) is 3.81. The fraction of sp³-hybridized carbons (Fsp3) is 0.111. The third-order valence-corrected chi connectivity index (χ3v) is 3.81. The van der Waals surface area contributed by atoms with Crippen molar-refractivity contribution < 1.29 is 0 Å². The molecule has 0 spiro atoms. The van der Waals surface area contributed by atoms with Crippen LogP contribution in [-0.4, -0.2) is 9.97 Å². The summed E-state index contributed by atoms with van der Waals surface area (Å²) in [4.78, 5) is 9.21. The van der Waals surface area contributed by atoms with Gasteiger partial charge in [0.1, 0.15) is 0 Å². The molecule has 2 heteroatoms. The van der Waals surface area contributed by atoms with Crippen molar-refractivity contribution in [3.63, 3.8) is 0 Å². The van der Waals surface area contributed by atoms with Crippen LogP contribution >= 0.6 is 0 Å². The van der Waals surface area contributed by atoms with Crippen molar-refractivity contribution in [3.8, 4) is 0 Å². The summed E-state index contributed by atoms with van der Waals surface area (Å²) >= 11 is 0. The highest BCUT2D eigenvalue weighted by molar-refractivity contribution is 6.15. The van der Waals surface area contributed by atoms with Gasteiger partial charge < -0.3 is 0 Å². The summed E-state index contributed by atoms with van der Waals surface area (Å²) in [6.07, 6.45) is 0. The molecule has 0 aliphatic rings. The number of aryl methyl sites for hydroxylation is 2. The number of aromatic nitrogens is 2. The third kappa shape index (κ3) is 1.58. The van der Waals surface area contributed by atoms with Crippen LogP contribution in [0.4, 0.5) is 0 Å². The molecule has 2 aromatic carbocycles. The molecule has 2 heterocycles. The van der Waals surface area contributed by atoms with E-state index in [4.69, 9.17) is 0 Å². The molecule has 0 aliphatic carbocycles. The quantitative estimate of drug-likeness (QED) is 0.432. The van der Waals surface area contributed by atoms with Gasteiger partial charge in [-0.25, -0.2) is 0 Å². The van der Waals surface area contributed by atoms with Gasteiger partial charge in [-0.3, -0.25) is 9.97 Å². The van der Waals surface area contributed by atoms with Gasteiger partial charge in [-0.2, -0.15) is 0 Å². The van der Waals surface area contributed by atoms with Gasteiger partial charge in [0.25, 0.3) is 0 Å². The molecule has 2 nitrogen and oxygen atoms in total. The largest absolute Gasteiger partial charge is 0.253 e. The van der Waals surface area contributed by atoms with Crippen molar-refractivity contribution in [2.45, 2.75) is 13.8 Å². The highest BCUT2D eigenvalue weighted by Gasteiger charge is 2.06. The SMILES string of the molecule is Cc1ccc2c(ccc3c4ccc(C)nc4ccc23)n1. The number of nitrogens with zero attached hydrogens (tertiary/aromatic N) is 2. The Kier molecular flexibility index (Phi) is 2.27. The molecule has 96 valence electrons. The first-order chi connectivity index (χ1) is 9.72. The monoisotopic (exact) mass is 258 g/mol. The van der Waals surface area contributed by atoms with E-state index in [0.717, 1.165) is 22.4 Å². The number of pyridine rings is 2. The smallest absolute Gasteiger partial charge is 0.0711 e. The molecule has 4 rings (SSSR count). The minimum Gasteiger partial charge on any atom is -0.253 e. The molecular formula is C18H14N2. The molecule has 0 fully saturated rings. The van der Waals surface area contributed by atoms with E-state index >= 15 is 0 Å². The summed E-state index contributed by atoms with van der Waals surface area (Å²) in [5, 5.41) is 4.90. The summed E-state index contributed by atoms with van der Waals surface area (Å²) in [6, 6.07) is 17.0. The van der Waals surface area contributed by atoms with Crippen molar-refractivity contribution in [1.29, 1.82) is 0 Å². The van der Waals surface area contributed by atoms with Crippen molar-refractivity contribution in [2.75, 3.05) is 0 Å². The number of hydrogen-bond acceptors (Lipinski definition) is 2. The Morgan fingerprint density at radius 2 is 0.900 bits per heavy atom. The van der Waals surface area contributed by atoms with Crippen molar-refractivity contribution >= 4 is 32.6 Å². The first-order valence-corrected chi connectivity index (χ1v) is 6.79. The Bertz CT molecular complexity index is 890. The molecule has 0 bridgehead atoms. The molecule has 4 aromatic rings. The van der Waals surface area contributed by atoms with Crippen molar-refractivity contribution in [3.05, 3.63) is 59.9 Å². The maximum Gasteiger partial charge on any atom is 0.0711 e. The van der Waals surface area contributed by atoms with Crippen LogP contribution in [0.3, 0.4) is 0 Å². The average molecular weight is 258 g/mol. The molecule has 2 aromatic heterocycles. The van der Waals surface area contributed by atoms with E-state index in [0.29, 0.717) is 0 Å². The maximum absolute atomic E-state index is 4.60. The highest BCUT2D eigenvalue weighted by atomic mass is 14.7. The normalized spacial score (nSPS) is 11.5. The summed E-state index contributed by atoms with van der Waals surface area (Å²) in [6.45, 7) is 4.05. The topological polar surface area (TPSA) is 25.8 Å². The summed E-state index contributed by atoms with van der Waals surface area (Å²) in [7, 11) is 0. The van der Waals surface area contributed by atoms with Gasteiger partial charge in [-0.15, -0.1) is 0 Å². The van der Waals surface area contributed by atoms with Crippen LogP contribution in [-0.2, 0) is 0 Å². The van der Waals surface area contributed by atoms with Crippen LogP contribution in [0.15, 0.2) is 48.5 Å². The molecule has 0 aliphatic heterocycles. The lowest BCUT2D eigenvalue weighted by Crippen LogP contribution is -1.87. The molecule has 0 N–H and O–H groups in total. The molecule has 20 heavy (non-hydrogen) atoms. The molecule has 0 unspecified atom stereocenters. The van der Waals surface area contributed by atoms with Crippen LogP contribution < -0.4 is 0 Å². The van der Waals surface area contributed by atoms with E-state index in [2.05, 4.69) is 58.5 Å². The summed E-state index contributed by atoms with van der Waals surface area (Å²) in [5.41, 5.74) is 4.21. The lowest BCUT2D eigenvalue weighted by molar-refractivity contribution is 1.25. The zero-order valence-electron chi connectivity index (χ0n) is 11.5. The average Bonchev–Trinajstić information content (AvgIpc) is 2.45. The highest BCUT2D eigenvalue weighted by Crippen LogP contribution is 2.30. The van der Waals surface area contributed by atoms with Gasteiger partial charge >= 0.3 is 0 Å². The van der Waals surface area contributed by atoms with Crippen molar-refractivity contribution in [2.24, 2.45) is 0 Å². The van der Waals surface area contributed by atoms with Crippen LogP contribution in [0.2, 0.25) is 0 Å². The molecule has 0 atom stereocenters. The van der Waals surface area contributed by atoms with Crippen molar-refractivity contribution in [1.82, 2.24) is 9.97 Å². The fourth-order valence-corrected chi connectivity index (χ4v) is 2.84. The van der Waals surface area contributed by atoms with Gasteiger partial charge in [-0.1, -0.05) is 24.3 Å². The zero-order chi connectivity index (χ0) is 13.7. The predicted molar refractivity (Wildman–Crippen MR) is 84.0 cm³/mol. The Balaban J connectivity index is 2.21. The standard InChI is InChI=1S/C18H14N2/c1-11-3-5-15-13-8-10-18-16(6-4-12(2)20-18)14(13)7-9-17(15)19-11/h3-10H,1-2H3. The fourth-order valence-electron chi connectivity index (χ4n) is 2.84. The first kappa shape index (κ1) is 11.4. The predicted octanol–water partition coefficient (Wildman–Crippen LogP) is 4.55. The lowest BCUT2D eigenvalue weighted by Gasteiger charge is -2.07. The second kappa shape index (κ2) is 4.01. The molecule has 0 saturated carbocycles. The van der Waals surface area contributed by atoms with E-state index in [9.17, 15) is 0 Å². The Hall–Kier alpha value is -2.48. The number of fused-ring (bicyclic) bond motifs is 5. The van der Waals surface area contributed by atoms with Gasteiger partial charge in [0.15, 0.2) is 0 Å². The van der Waals surface area contributed by atoms with Crippen LogP contribution in [0.1, 0.15) is 11.4 Å². The van der Waals surface area contributed by atoms with Crippen LogP contribution in [0.25, 0.3) is 32.6 Å². The number of benzene rings is 2. The second-order valence-electron chi connectivity index (χ2n) is 5.26. The van der Waals surface area contributed by atoms with E-state index < -0.39 is 0 Å². The van der Waals surface area contributed by atoms with Gasteiger partial charge in [0.2, 0.25) is 0 Å². The number of rotatable bonds is 0. The maximum atomic E-state index is 4.60. The van der Waals surface area contributed by atoms with E-state index in [-0.39, 0.29) is 0 Å². The van der Waals surface area contributed by atoms with Crippen LogP contribution in [0.5, 0.6) is 0 Å². The second-order valence-corrected chi connectivity index (χ2v) is 5.26. The Morgan fingerprint density at radius 3 is 1.35 bits per heavy atom. The first-order valence-electron chi connectivity index (χ1n) is 6.79. The van der Waals surface area contributed by atoms with Gasteiger partial charge in [0.05, 0.1) is 11.0 Å². The summed E-state index contributed by atoms with van der Waals surface area (Å²) in [5.74, 6) is 0. The zero-order valence-corrected chi connectivity index (χ0v) is 11.5. The molecule has 0 saturated heterocycles. The van der Waals surface area contributed by atoms with Gasteiger partial charge in [0, 0.05) is 22.2 Å². The Morgan fingerprint density at radius 1 is 0.500 bits per heavy atom. The molecule has 0 amide bonds. The van der Waals surface area contributed by atoms with E-state index in [1.165, 1.54) is 21.5 Å². The van der Waals surface area contributed by atoms with Crippen LogP contribution in [0, 0.1) is 13.8 Å². The van der Waals surface area contributed by atoms with Gasteiger partial charge in [-0.05, 0) is 48.9 Å². The lowest BCUT2D eigenvalue weighted by atomic mass is 10.0. The van der Waals surface area contributed by atoms with E-state index in [1.807, 2.05) is 13.8 Å². The minimum absolute atomic E-state index is 1.05. The minimum atomic E-state index is 1.05. The molecular weight excluding hydrogens is 244 g/mol. The molecule has 0 radical (unpaired) electrons. The summed E-state index contributed by atoms with van der Waals surface area (Å²) < 4.78 is 0.